The molecule has 5 rings (SSSR count). The van der Waals surface area contributed by atoms with Crippen LogP contribution in [0.15, 0.2) is 0 Å². The zero-order valence-corrected chi connectivity index (χ0v) is 13.6. The van der Waals surface area contributed by atoms with Gasteiger partial charge in [-0.25, -0.2) is 4.79 Å². The van der Waals surface area contributed by atoms with Gasteiger partial charge in [0.2, 0.25) is 0 Å². The Bertz CT molecular complexity index is 402. The fraction of sp³-hybridized carbons (Fsp3) is 0.944. The van der Waals surface area contributed by atoms with Crippen LogP contribution in [0, 0.1) is 23.2 Å². The van der Waals surface area contributed by atoms with Gasteiger partial charge < -0.3 is 15.3 Å². The van der Waals surface area contributed by atoms with Crippen molar-refractivity contribution in [1.29, 1.82) is 0 Å². The summed E-state index contributed by atoms with van der Waals surface area (Å²) in [6.45, 7) is 2.11. The lowest BCUT2D eigenvalue weighted by Crippen LogP contribution is -2.49. The SMILES string of the molecule is O=C(NCCC12CC3CC(CC(C3)C1)C2)N1CCCC(O)C1. The molecular formula is C18H30N2O2. The van der Waals surface area contributed by atoms with Gasteiger partial charge in [0.25, 0.3) is 0 Å². The second-order valence-corrected chi connectivity index (χ2v) is 8.64. The van der Waals surface area contributed by atoms with Gasteiger partial charge in [-0.3, -0.25) is 0 Å². The molecule has 4 saturated carbocycles. The van der Waals surface area contributed by atoms with Crippen LogP contribution in [0.5, 0.6) is 0 Å². The molecule has 1 unspecified atom stereocenters. The van der Waals surface area contributed by atoms with Crippen LogP contribution in [-0.2, 0) is 0 Å². The second-order valence-electron chi connectivity index (χ2n) is 8.64. The number of piperidine rings is 1. The summed E-state index contributed by atoms with van der Waals surface area (Å²) in [6, 6.07) is 0.0310. The predicted molar refractivity (Wildman–Crippen MR) is 85.4 cm³/mol. The monoisotopic (exact) mass is 306 g/mol. The molecule has 1 saturated heterocycles. The fourth-order valence-corrected chi connectivity index (χ4v) is 6.28. The molecule has 0 aromatic carbocycles. The number of carbonyl (C=O) groups excluding carboxylic acids is 1. The molecular weight excluding hydrogens is 276 g/mol. The van der Waals surface area contributed by atoms with Crippen molar-refractivity contribution in [3.8, 4) is 0 Å². The number of likely N-dealkylation sites (tertiary alicyclic amines) is 1. The number of hydrogen-bond acceptors (Lipinski definition) is 2. The molecule has 1 heterocycles. The topological polar surface area (TPSA) is 52.6 Å². The van der Waals surface area contributed by atoms with E-state index in [4.69, 9.17) is 0 Å². The lowest BCUT2D eigenvalue weighted by Gasteiger charge is -2.57. The molecule has 4 heteroatoms. The summed E-state index contributed by atoms with van der Waals surface area (Å²) in [5, 5.41) is 12.8. The maximum absolute atomic E-state index is 12.2. The van der Waals surface area contributed by atoms with Gasteiger partial charge >= 0.3 is 6.03 Å². The van der Waals surface area contributed by atoms with Gasteiger partial charge in [0.1, 0.15) is 0 Å². The highest BCUT2D eigenvalue weighted by molar-refractivity contribution is 5.74. The first kappa shape index (κ1) is 14.8. The third-order valence-corrected chi connectivity index (χ3v) is 6.78. The number of nitrogens with zero attached hydrogens (tertiary/aromatic N) is 1. The van der Waals surface area contributed by atoms with E-state index in [1.165, 1.54) is 44.9 Å². The van der Waals surface area contributed by atoms with Crippen LogP contribution < -0.4 is 5.32 Å². The van der Waals surface area contributed by atoms with E-state index in [2.05, 4.69) is 5.32 Å². The van der Waals surface area contributed by atoms with Crippen LogP contribution in [0.4, 0.5) is 4.79 Å². The van der Waals surface area contributed by atoms with Crippen molar-refractivity contribution in [3.63, 3.8) is 0 Å². The maximum Gasteiger partial charge on any atom is 0.317 e. The number of aliphatic hydroxyl groups is 1. The Balaban J connectivity index is 1.27. The van der Waals surface area contributed by atoms with Crippen LogP contribution in [-0.4, -0.2) is 41.8 Å². The number of urea groups is 1. The molecule has 1 aliphatic heterocycles. The summed E-state index contributed by atoms with van der Waals surface area (Å²) < 4.78 is 0. The van der Waals surface area contributed by atoms with E-state index in [1.54, 1.807) is 4.90 Å². The molecule has 4 aliphatic carbocycles. The highest BCUT2D eigenvalue weighted by Crippen LogP contribution is 2.61. The standard InChI is InChI=1S/C18H30N2O2/c21-16-2-1-5-20(12-16)17(22)19-4-3-18-9-13-6-14(10-18)8-15(7-13)11-18/h13-16,21H,1-12H2,(H,19,22). The molecule has 5 fully saturated rings. The number of hydrogen-bond donors (Lipinski definition) is 2. The van der Waals surface area contributed by atoms with Crippen LogP contribution in [0.1, 0.15) is 57.8 Å². The van der Waals surface area contributed by atoms with Crippen LogP contribution >= 0.6 is 0 Å². The Labute approximate surface area is 133 Å². The number of amides is 2. The van der Waals surface area contributed by atoms with Crippen molar-refractivity contribution in [1.82, 2.24) is 10.2 Å². The van der Waals surface area contributed by atoms with Gasteiger partial charge in [0.05, 0.1) is 6.10 Å². The molecule has 0 aromatic heterocycles. The van der Waals surface area contributed by atoms with E-state index in [1.807, 2.05) is 0 Å². The maximum atomic E-state index is 12.2. The van der Waals surface area contributed by atoms with E-state index in [0.717, 1.165) is 43.7 Å². The first-order valence-corrected chi connectivity index (χ1v) is 9.33. The predicted octanol–water partition coefficient (Wildman–Crippen LogP) is 2.76. The summed E-state index contributed by atoms with van der Waals surface area (Å²) in [5.41, 5.74) is 0.545. The number of nitrogens with one attached hydrogen (secondary N) is 1. The first-order valence-electron chi connectivity index (χ1n) is 9.33. The summed E-state index contributed by atoms with van der Waals surface area (Å²) in [6.07, 6.45) is 11.3. The summed E-state index contributed by atoms with van der Waals surface area (Å²) >= 11 is 0. The first-order chi connectivity index (χ1) is 10.6. The van der Waals surface area contributed by atoms with Gasteiger partial charge in [0.15, 0.2) is 0 Å². The molecule has 0 radical (unpaired) electrons. The summed E-state index contributed by atoms with van der Waals surface area (Å²) in [7, 11) is 0. The zero-order valence-electron chi connectivity index (χ0n) is 13.6. The van der Waals surface area contributed by atoms with E-state index >= 15 is 0 Å². The van der Waals surface area contributed by atoms with E-state index in [0.29, 0.717) is 12.0 Å². The van der Waals surface area contributed by atoms with Crippen LogP contribution in [0.2, 0.25) is 0 Å². The number of carbonyl (C=O) groups is 1. The zero-order chi connectivity index (χ0) is 15.2. The van der Waals surface area contributed by atoms with Gasteiger partial charge in [-0.1, -0.05) is 0 Å². The minimum atomic E-state index is -0.331. The normalized spacial score (nSPS) is 43.4. The van der Waals surface area contributed by atoms with Crippen molar-refractivity contribution in [2.75, 3.05) is 19.6 Å². The minimum Gasteiger partial charge on any atom is -0.391 e. The van der Waals surface area contributed by atoms with E-state index < -0.39 is 0 Å². The lowest BCUT2D eigenvalue weighted by molar-refractivity contribution is -0.0565. The third kappa shape index (κ3) is 2.86. The Kier molecular flexibility index (Phi) is 3.83. The smallest absolute Gasteiger partial charge is 0.317 e. The second kappa shape index (κ2) is 5.70. The summed E-state index contributed by atoms with van der Waals surface area (Å²) in [5.74, 6) is 2.96. The molecule has 0 spiro atoms. The van der Waals surface area contributed by atoms with Crippen molar-refractivity contribution >= 4 is 6.03 Å². The van der Waals surface area contributed by atoms with Gasteiger partial charge in [0, 0.05) is 19.6 Å². The van der Waals surface area contributed by atoms with Crippen molar-refractivity contribution in [3.05, 3.63) is 0 Å². The van der Waals surface area contributed by atoms with E-state index in [-0.39, 0.29) is 12.1 Å². The Morgan fingerprint density at radius 3 is 2.36 bits per heavy atom. The average molecular weight is 306 g/mol. The fourth-order valence-electron chi connectivity index (χ4n) is 6.28. The Morgan fingerprint density at radius 1 is 1.14 bits per heavy atom. The molecule has 4 nitrogen and oxygen atoms in total. The molecule has 2 amide bonds. The molecule has 124 valence electrons. The number of β-amino-alcohol motifs (C(OH)–C–C–N with tert-alkyl or cyclic N) is 1. The van der Waals surface area contributed by atoms with Gasteiger partial charge in [-0.05, 0) is 81.0 Å². The molecule has 4 bridgehead atoms. The molecule has 1 atom stereocenters. The molecule has 0 aromatic rings. The van der Waals surface area contributed by atoms with Crippen molar-refractivity contribution in [2.24, 2.45) is 23.2 Å². The largest absolute Gasteiger partial charge is 0.391 e. The molecule has 2 N–H and O–H groups in total. The summed E-state index contributed by atoms with van der Waals surface area (Å²) in [4.78, 5) is 14.0. The van der Waals surface area contributed by atoms with Gasteiger partial charge in [-0.15, -0.1) is 0 Å². The van der Waals surface area contributed by atoms with Gasteiger partial charge in [-0.2, -0.15) is 0 Å². The highest BCUT2D eigenvalue weighted by Gasteiger charge is 2.50. The number of rotatable bonds is 3. The van der Waals surface area contributed by atoms with Crippen LogP contribution in [0.3, 0.4) is 0 Å². The third-order valence-electron chi connectivity index (χ3n) is 6.78. The Morgan fingerprint density at radius 2 is 1.77 bits per heavy atom. The lowest BCUT2D eigenvalue weighted by atomic mass is 9.49. The average Bonchev–Trinajstić information content (AvgIpc) is 2.45. The van der Waals surface area contributed by atoms with Crippen molar-refractivity contribution < 1.29 is 9.90 Å². The number of aliphatic hydroxyl groups excluding tert-OH is 1. The quantitative estimate of drug-likeness (QED) is 0.842. The van der Waals surface area contributed by atoms with E-state index in [9.17, 15) is 9.90 Å². The minimum absolute atomic E-state index is 0.0310. The molecule has 22 heavy (non-hydrogen) atoms. The highest BCUT2D eigenvalue weighted by atomic mass is 16.3. The molecule has 5 aliphatic rings. The van der Waals surface area contributed by atoms with Crippen molar-refractivity contribution in [2.45, 2.75) is 63.9 Å². The van der Waals surface area contributed by atoms with Crippen LogP contribution in [0.25, 0.3) is 0 Å². The Hall–Kier alpha value is -0.770.